The Kier molecular flexibility index (Phi) is 5.83. The highest BCUT2D eigenvalue weighted by Gasteiger charge is 2.21. The third-order valence-corrected chi connectivity index (χ3v) is 8.06. The Balaban J connectivity index is 1.26. The highest BCUT2D eigenvalue weighted by molar-refractivity contribution is 8.00. The van der Waals surface area contributed by atoms with Gasteiger partial charge in [-0.05, 0) is 25.0 Å². The molecule has 0 bridgehead atoms. The Bertz CT molecular complexity index is 1260. The number of thioether (sulfide) groups is 1. The number of nitrogens with one attached hydrogen (secondary N) is 1. The first kappa shape index (κ1) is 20.3. The molecule has 0 saturated heterocycles. The minimum atomic E-state index is -0.378. The van der Waals surface area contributed by atoms with Crippen molar-refractivity contribution in [1.82, 2.24) is 24.8 Å². The highest BCUT2D eigenvalue weighted by atomic mass is 32.2. The number of carbonyl (C=O) groups is 1. The molecule has 5 rings (SSSR count). The topological polar surface area (TPSA) is 115 Å². The number of hydrogen-bond donors (Lipinski definition) is 1. The summed E-state index contributed by atoms with van der Waals surface area (Å²) in [5, 5.41) is 16.6. The molecule has 1 aliphatic rings. The normalized spacial score (nSPS) is 14.8. The molecule has 0 unspecified atom stereocenters. The second kappa shape index (κ2) is 8.89. The molecule has 1 N–H and O–H groups in total. The summed E-state index contributed by atoms with van der Waals surface area (Å²) in [5.74, 6) is 0.744. The van der Waals surface area contributed by atoms with Crippen molar-refractivity contribution in [3.8, 4) is 0 Å². The van der Waals surface area contributed by atoms with Crippen LogP contribution < -0.4 is 10.9 Å². The van der Waals surface area contributed by atoms with Crippen LogP contribution in [0.15, 0.2) is 38.0 Å². The zero-order valence-corrected chi connectivity index (χ0v) is 18.8. The summed E-state index contributed by atoms with van der Waals surface area (Å²) in [5.41, 5.74) is 0.507. The van der Waals surface area contributed by atoms with Crippen LogP contribution in [0.4, 0.5) is 5.13 Å². The fraction of sp³-hybridized carbons (Fsp3) is 0.368. The van der Waals surface area contributed by atoms with Crippen LogP contribution >= 0.6 is 34.4 Å². The molecule has 31 heavy (non-hydrogen) atoms. The van der Waals surface area contributed by atoms with Crippen LogP contribution in [-0.4, -0.2) is 30.7 Å². The van der Waals surface area contributed by atoms with Gasteiger partial charge in [0.05, 0.1) is 12.0 Å². The lowest BCUT2D eigenvalue weighted by atomic mass is 9.90. The third kappa shape index (κ3) is 4.55. The molecule has 0 spiro atoms. The van der Waals surface area contributed by atoms with E-state index in [1.54, 1.807) is 12.1 Å². The first-order chi connectivity index (χ1) is 15.2. The first-order valence-corrected chi connectivity index (χ1v) is 12.5. The lowest BCUT2D eigenvalue weighted by Gasteiger charge is -2.18. The average molecular weight is 475 g/mol. The summed E-state index contributed by atoms with van der Waals surface area (Å²) in [7, 11) is 0. The molecule has 0 atom stereocenters. The average Bonchev–Trinajstić information content (AvgIpc) is 3.53. The van der Waals surface area contributed by atoms with Crippen molar-refractivity contribution in [3.05, 3.63) is 51.3 Å². The number of fused-ring (bicyclic) bond motifs is 1. The number of rotatable bonds is 6. The predicted octanol–water partition coefficient (Wildman–Crippen LogP) is 4.19. The molecule has 1 aliphatic carbocycles. The quantitative estimate of drug-likeness (QED) is 0.327. The Morgan fingerprint density at radius 2 is 2.13 bits per heavy atom. The molecule has 0 aromatic carbocycles. The van der Waals surface area contributed by atoms with E-state index in [1.807, 2.05) is 0 Å². The highest BCUT2D eigenvalue weighted by Crippen LogP contribution is 2.34. The number of aromatic nitrogens is 5. The standard InChI is InChI=1S/C19H18N6O3S3/c26-14-9-12(20-18-25(14)24-16(30-18)11-5-2-1-3-6-11)10-29-19-23-22-17(31-19)21-15(27)13-7-4-8-28-13/h4,7-9,11H,1-3,5-6,10H2,(H,21,22,27). The molecule has 1 fully saturated rings. The number of amides is 1. The van der Waals surface area contributed by atoms with Gasteiger partial charge in [-0.25, -0.2) is 4.98 Å². The molecular weight excluding hydrogens is 456 g/mol. The van der Waals surface area contributed by atoms with E-state index >= 15 is 0 Å². The summed E-state index contributed by atoms with van der Waals surface area (Å²) in [6, 6.07) is 4.74. The molecule has 4 aromatic rings. The number of hydrogen-bond acceptors (Lipinski definition) is 10. The fourth-order valence-corrected chi connectivity index (χ4v) is 6.21. The van der Waals surface area contributed by atoms with Crippen molar-refractivity contribution in [2.45, 2.75) is 48.1 Å². The van der Waals surface area contributed by atoms with Crippen LogP contribution in [0.5, 0.6) is 0 Å². The van der Waals surface area contributed by atoms with Gasteiger partial charge in [0.25, 0.3) is 11.5 Å². The monoisotopic (exact) mass is 474 g/mol. The molecule has 0 aliphatic heterocycles. The van der Waals surface area contributed by atoms with Crippen LogP contribution in [0.3, 0.4) is 0 Å². The van der Waals surface area contributed by atoms with Gasteiger partial charge in [-0.15, -0.1) is 10.2 Å². The zero-order chi connectivity index (χ0) is 21.2. The Morgan fingerprint density at radius 1 is 1.26 bits per heavy atom. The molecule has 12 heteroatoms. The zero-order valence-electron chi connectivity index (χ0n) is 16.3. The fourth-order valence-electron chi connectivity index (χ4n) is 3.48. The van der Waals surface area contributed by atoms with Crippen LogP contribution in [-0.2, 0) is 5.75 Å². The van der Waals surface area contributed by atoms with E-state index in [1.165, 1.54) is 70.5 Å². The van der Waals surface area contributed by atoms with E-state index in [-0.39, 0.29) is 17.2 Å². The second-order valence-electron chi connectivity index (χ2n) is 7.15. The third-order valence-electron chi connectivity index (χ3n) is 4.98. The minimum absolute atomic E-state index is 0.164. The molecule has 4 heterocycles. The summed E-state index contributed by atoms with van der Waals surface area (Å²) in [4.78, 5) is 29.8. The first-order valence-electron chi connectivity index (χ1n) is 9.86. The van der Waals surface area contributed by atoms with Gasteiger partial charge in [0.2, 0.25) is 10.1 Å². The summed E-state index contributed by atoms with van der Waals surface area (Å²) < 4.78 is 7.14. The van der Waals surface area contributed by atoms with Gasteiger partial charge >= 0.3 is 0 Å². The van der Waals surface area contributed by atoms with E-state index in [2.05, 4.69) is 25.6 Å². The molecule has 9 nitrogen and oxygen atoms in total. The predicted molar refractivity (Wildman–Crippen MR) is 119 cm³/mol. The number of carbonyl (C=O) groups excluding carboxylic acids is 1. The Morgan fingerprint density at radius 3 is 2.94 bits per heavy atom. The van der Waals surface area contributed by atoms with Crippen LogP contribution in [0.1, 0.15) is 59.3 Å². The van der Waals surface area contributed by atoms with E-state index in [4.69, 9.17) is 4.42 Å². The van der Waals surface area contributed by atoms with Crippen molar-refractivity contribution in [3.63, 3.8) is 0 Å². The maximum absolute atomic E-state index is 12.5. The van der Waals surface area contributed by atoms with Gasteiger partial charge in [-0.3, -0.25) is 14.9 Å². The van der Waals surface area contributed by atoms with Crippen molar-refractivity contribution in [2.75, 3.05) is 5.32 Å². The van der Waals surface area contributed by atoms with Gasteiger partial charge < -0.3 is 4.42 Å². The lowest BCUT2D eigenvalue weighted by molar-refractivity contribution is 0.0996. The van der Waals surface area contributed by atoms with Crippen molar-refractivity contribution < 1.29 is 9.21 Å². The largest absolute Gasteiger partial charge is 0.459 e. The SMILES string of the molecule is O=C(Nc1nnc(SCc2cc(=O)n3nc(C4CCCCC4)sc3n2)s1)c1ccco1. The molecule has 0 radical (unpaired) electrons. The molecule has 160 valence electrons. The van der Waals surface area contributed by atoms with Gasteiger partial charge in [0.1, 0.15) is 5.01 Å². The number of furan rings is 1. The smallest absolute Gasteiger partial charge is 0.293 e. The van der Waals surface area contributed by atoms with Crippen molar-refractivity contribution in [1.29, 1.82) is 0 Å². The molecular formula is C19H18N6O3S3. The number of nitrogens with zero attached hydrogens (tertiary/aromatic N) is 5. The van der Waals surface area contributed by atoms with Crippen molar-refractivity contribution >= 4 is 50.4 Å². The maximum Gasteiger partial charge on any atom is 0.293 e. The van der Waals surface area contributed by atoms with E-state index in [0.717, 1.165) is 17.8 Å². The Hall–Kier alpha value is -2.57. The summed E-state index contributed by atoms with van der Waals surface area (Å²) in [6.45, 7) is 0. The van der Waals surface area contributed by atoms with Crippen LogP contribution in [0.2, 0.25) is 0 Å². The molecule has 1 amide bonds. The Labute approximate surface area is 188 Å². The summed E-state index contributed by atoms with van der Waals surface area (Å²) in [6.07, 6.45) is 7.41. The second-order valence-corrected chi connectivity index (χ2v) is 10.3. The van der Waals surface area contributed by atoms with Crippen LogP contribution in [0, 0.1) is 0 Å². The number of anilines is 1. The van der Waals surface area contributed by atoms with E-state index < -0.39 is 0 Å². The van der Waals surface area contributed by atoms with Gasteiger partial charge in [0.15, 0.2) is 10.1 Å². The molecule has 1 saturated carbocycles. The van der Waals surface area contributed by atoms with Gasteiger partial charge in [0, 0.05) is 17.7 Å². The van der Waals surface area contributed by atoms with Gasteiger partial charge in [-0.1, -0.05) is 53.7 Å². The van der Waals surface area contributed by atoms with Crippen LogP contribution in [0.25, 0.3) is 4.96 Å². The molecule has 4 aromatic heterocycles. The van der Waals surface area contributed by atoms with Gasteiger partial charge in [-0.2, -0.15) is 9.61 Å². The maximum atomic E-state index is 12.5. The minimum Gasteiger partial charge on any atom is -0.459 e. The van der Waals surface area contributed by atoms with Crippen molar-refractivity contribution in [2.24, 2.45) is 0 Å². The van der Waals surface area contributed by atoms with E-state index in [9.17, 15) is 9.59 Å². The van der Waals surface area contributed by atoms with E-state index in [0.29, 0.717) is 31.8 Å². The summed E-state index contributed by atoms with van der Waals surface area (Å²) >= 11 is 4.18. The lowest BCUT2D eigenvalue weighted by Crippen LogP contribution is -2.15.